The van der Waals surface area contributed by atoms with Crippen molar-refractivity contribution in [3.05, 3.63) is 22.2 Å². The predicted molar refractivity (Wildman–Crippen MR) is 82.0 cm³/mol. The Morgan fingerprint density at radius 1 is 1.52 bits per heavy atom. The Balaban J connectivity index is 2.26. The predicted octanol–water partition coefficient (Wildman–Crippen LogP) is 0.0283. The number of nitrogens with two attached hydrogens (primary N) is 1. The molecule has 0 saturated carbocycles. The first-order valence-electron chi connectivity index (χ1n) is 6.15. The first-order valence-corrected chi connectivity index (χ1v) is 9.58. The maximum Gasteiger partial charge on any atom is 0.380 e. The first-order chi connectivity index (χ1) is 10.6. The van der Waals surface area contributed by atoms with Gasteiger partial charge in [-0.2, -0.15) is 4.98 Å². The molecule has 0 aromatic carbocycles. The van der Waals surface area contributed by atoms with E-state index in [1.807, 2.05) is 0 Å². The molecule has 2 heterocycles. The average molecular weight is 384 g/mol. The van der Waals surface area contributed by atoms with Crippen LogP contribution in [0.15, 0.2) is 11.0 Å². The summed E-state index contributed by atoms with van der Waals surface area (Å²) in [5.74, 6) is 2.08. The molecule has 2 unspecified atom stereocenters. The number of halogens is 2. The molecule has 23 heavy (non-hydrogen) atoms. The molecule has 4 atom stereocenters. The molecule has 9 nitrogen and oxygen atoms in total. The molecule has 0 spiro atoms. The summed E-state index contributed by atoms with van der Waals surface area (Å²) in [7, 11) is 0. The lowest BCUT2D eigenvalue weighted by Gasteiger charge is -2.17. The van der Waals surface area contributed by atoms with Crippen LogP contribution < -0.4 is 11.4 Å². The van der Waals surface area contributed by atoms with Crippen molar-refractivity contribution in [1.82, 2.24) is 9.55 Å². The van der Waals surface area contributed by atoms with E-state index in [0.717, 1.165) is 4.57 Å². The summed E-state index contributed by atoms with van der Waals surface area (Å²) in [5.41, 5.74) is 4.76. The molecule has 1 aromatic rings. The molecule has 1 aliphatic rings. The van der Waals surface area contributed by atoms with E-state index in [2.05, 4.69) is 15.4 Å². The summed E-state index contributed by atoms with van der Waals surface area (Å²) in [6.45, 7) is -0.460. The van der Waals surface area contributed by atoms with E-state index in [4.69, 9.17) is 39.4 Å². The van der Waals surface area contributed by atoms with Crippen LogP contribution in [0.3, 0.4) is 0 Å². The van der Waals surface area contributed by atoms with Crippen molar-refractivity contribution < 1.29 is 24.0 Å². The summed E-state index contributed by atoms with van der Waals surface area (Å²) >= 11 is 10.5. The molecule has 1 aliphatic heterocycles. The fourth-order valence-corrected chi connectivity index (χ4v) is 2.69. The molecule has 1 fully saturated rings. The average Bonchev–Trinajstić information content (AvgIpc) is 2.73. The molecule has 0 amide bonds. The number of rotatable bonds is 4. The molecule has 0 radical (unpaired) electrons. The maximum atomic E-state index is 11.9. The zero-order chi connectivity index (χ0) is 17.4. The highest BCUT2D eigenvalue weighted by Gasteiger charge is 2.45. The number of hydrogen-bond acceptors (Lipinski definition) is 8. The lowest BCUT2D eigenvalue weighted by atomic mass is 10.1. The minimum Gasteiger partial charge on any atom is -0.387 e. The maximum absolute atomic E-state index is 11.9. The Hall–Kier alpha value is -1.11. The molecular formula is C11H12Cl2N3O6P. The van der Waals surface area contributed by atoms with Gasteiger partial charge in [-0.05, 0) is 22.5 Å². The van der Waals surface area contributed by atoms with E-state index in [9.17, 15) is 19.6 Å². The lowest BCUT2D eigenvalue weighted by Crippen LogP contribution is -2.36. The van der Waals surface area contributed by atoms with Gasteiger partial charge in [0.2, 0.25) is 0 Å². The van der Waals surface area contributed by atoms with Crippen LogP contribution in [-0.2, 0) is 13.8 Å². The highest BCUT2D eigenvalue weighted by Crippen LogP contribution is 2.57. The van der Waals surface area contributed by atoms with Gasteiger partial charge in [0, 0.05) is 6.20 Å². The monoisotopic (exact) mass is 383 g/mol. The third-order valence-corrected chi connectivity index (χ3v) is 4.17. The number of aliphatic hydroxyl groups excluding tert-OH is 2. The van der Waals surface area contributed by atoms with Gasteiger partial charge in [0.1, 0.15) is 24.1 Å². The van der Waals surface area contributed by atoms with Gasteiger partial charge in [-0.25, -0.2) is 4.79 Å². The molecule has 0 bridgehead atoms. The fourth-order valence-electron chi connectivity index (χ4n) is 2.03. The third kappa shape index (κ3) is 4.05. The number of ether oxygens (including phenoxy) is 1. The second-order valence-corrected chi connectivity index (χ2v) is 8.91. The number of aromatic nitrogens is 2. The number of nitrogens with zero attached hydrogens (tertiary/aromatic N) is 2. The second kappa shape index (κ2) is 6.79. The molecule has 1 aromatic heterocycles. The summed E-state index contributed by atoms with van der Waals surface area (Å²) < 4.78 is 22.0. The van der Waals surface area contributed by atoms with Gasteiger partial charge in [0.15, 0.2) is 6.23 Å². The summed E-state index contributed by atoms with van der Waals surface area (Å²) in [6, 6.07) is 0. The largest absolute Gasteiger partial charge is 0.387 e. The Kier molecular flexibility index (Phi) is 5.38. The van der Waals surface area contributed by atoms with Gasteiger partial charge in [-0.1, -0.05) is 5.92 Å². The zero-order valence-electron chi connectivity index (χ0n) is 11.4. The fraction of sp³-hybridized carbons (Fsp3) is 0.455. The van der Waals surface area contributed by atoms with Crippen molar-refractivity contribution in [3.8, 4) is 12.3 Å². The van der Waals surface area contributed by atoms with Crippen molar-refractivity contribution in [2.24, 2.45) is 0 Å². The highest BCUT2D eigenvalue weighted by molar-refractivity contribution is 8.05. The van der Waals surface area contributed by atoms with Crippen molar-refractivity contribution in [2.75, 3.05) is 12.3 Å². The third-order valence-electron chi connectivity index (χ3n) is 3.14. The lowest BCUT2D eigenvalue weighted by molar-refractivity contribution is -0.0506. The number of anilines is 1. The molecule has 4 N–H and O–H groups in total. The van der Waals surface area contributed by atoms with E-state index in [0.29, 0.717) is 0 Å². The molecule has 2 rings (SSSR count). The molecule has 1 saturated heterocycles. The summed E-state index contributed by atoms with van der Waals surface area (Å²) in [4.78, 5) is 15.4. The van der Waals surface area contributed by atoms with Gasteiger partial charge >= 0.3 is 11.8 Å². The number of nitrogen functional groups attached to an aromatic ring is 1. The van der Waals surface area contributed by atoms with E-state index >= 15 is 0 Å². The summed E-state index contributed by atoms with van der Waals surface area (Å²) in [5, 5.41) is 20.0. The topological polar surface area (TPSA) is 137 Å². The second-order valence-electron chi connectivity index (χ2n) is 4.63. The summed E-state index contributed by atoms with van der Waals surface area (Å²) in [6.07, 6.45) is -2.80. The Morgan fingerprint density at radius 2 is 2.17 bits per heavy atom. The Bertz CT molecular complexity index is 744. The molecule has 12 heteroatoms. The van der Waals surface area contributed by atoms with Crippen molar-refractivity contribution in [1.29, 1.82) is 0 Å². The number of terminal acetylenes is 1. The van der Waals surface area contributed by atoms with Crippen LogP contribution in [0.2, 0.25) is 0 Å². The minimum absolute atomic E-state index is 0.112. The van der Waals surface area contributed by atoms with Crippen LogP contribution in [0.1, 0.15) is 11.8 Å². The molecule has 0 aliphatic carbocycles. The number of aliphatic hydroxyl groups is 2. The normalized spacial score (nSPS) is 27.8. The van der Waals surface area contributed by atoms with Crippen LogP contribution in [0.25, 0.3) is 0 Å². The van der Waals surface area contributed by atoms with Crippen molar-refractivity contribution >= 4 is 34.4 Å². The highest BCUT2D eigenvalue weighted by atomic mass is 35.9. The van der Waals surface area contributed by atoms with Gasteiger partial charge < -0.3 is 25.2 Å². The van der Waals surface area contributed by atoms with Crippen LogP contribution in [0.5, 0.6) is 0 Å². The number of hydrogen-bond donors (Lipinski definition) is 3. The van der Waals surface area contributed by atoms with E-state index < -0.39 is 42.9 Å². The smallest absolute Gasteiger partial charge is 0.380 e. The van der Waals surface area contributed by atoms with Gasteiger partial charge in [0.05, 0.1) is 12.2 Å². The molecule has 126 valence electrons. The van der Waals surface area contributed by atoms with Crippen molar-refractivity contribution in [2.45, 2.75) is 24.5 Å². The van der Waals surface area contributed by atoms with Crippen LogP contribution in [0, 0.1) is 12.3 Å². The van der Waals surface area contributed by atoms with E-state index in [-0.39, 0.29) is 11.4 Å². The Labute approximate surface area is 140 Å². The van der Waals surface area contributed by atoms with Crippen LogP contribution in [-0.4, -0.2) is 44.7 Å². The van der Waals surface area contributed by atoms with Gasteiger partial charge in [0.25, 0.3) is 0 Å². The minimum atomic E-state index is -3.84. The SMILES string of the molecule is C#Cc1cn([C@@H]2O[C@H](COP(=O)(Cl)Cl)C(O)C2O)c(=O)nc1N. The van der Waals surface area contributed by atoms with Crippen LogP contribution >= 0.6 is 28.6 Å². The quantitative estimate of drug-likeness (QED) is 0.489. The van der Waals surface area contributed by atoms with Crippen LogP contribution in [0.4, 0.5) is 5.82 Å². The zero-order valence-corrected chi connectivity index (χ0v) is 13.8. The Morgan fingerprint density at radius 3 is 2.74 bits per heavy atom. The van der Waals surface area contributed by atoms with E-state index in [1.54, 1.807) is 0 Å². The standard InChI is InChI=1S/C11H12Cl2N3O6P/c1-2-5-3-16(11(19)15-9(5)14)10-8(18)7(17)6(22-10)4-21-23(12,13)20/h1,3,6-8,10,17-18H,4H2,(H2,14,15,19)/t6-,7?,8?,10-/m1/s1. The molecular weight excluding hydrogens is 372 g/mol. The first kappa shape index (κ1) is 18.2. The van der Waals surface area contributed by atoms with Gasteiger partial charge in [-0.3, -0.25) is 9.13 Å². The van der Waals surface area contributed by atoms with Crippen molar-refractivity contribution in [3.63, 3.8) is 0 Å². The van der Waals surface area contributed by atoms with E-state index in [1.165, 1.54) is 6.20 Å². The van der Waals surface area contributed by atoms with Gasteiger partial charge in [-0.15, -0.1) is 6.42 Å².